The second kappa shape index (κ2) is 9.48. The van der Waals surface area contributed by atoms with Crippen LogP contribution in [0.4, 0.5) is 0 Å². The van der Waals surface area contributed by atoms with Gasteiger partial charge in [0.25, 0.3) is 0 Å². The van der Waals surface area contributed by atoms with E-state index in [0.29, 0.717) is 13.0 Å². The Morgan fingerprint density at radius 1 is 0.783 bits per heavy atom. The zero-order valence-electron chi connectivity index (χ0n) is 16.7. The van der Waals surface area contributed by atoms with Crippen LogP contribution in [0, 0.1) is 0 Å². The molecule has 0 spiro atoms. The zero-order chi connectivity index (χ0) is 18.3. The zero-order valence-corrected chi connectivity index (χ0v) is 19.7. The molecule has 23 heavy (non-hydrogen) atoms. The molecule has 0 aliphatic carbocycles. The highest BCUT2D eigenvalue weighted by molar-refractivity contribution is 6.70. The number of hydrogen-bond donors (Lipinski definition) is 0. The molecule has 0 aliphatic heterocycles. The Labute approximate surface area is 146 Å². The van der Waals surface area contributed by atoms with Gasteiger partial charge in [-0.05, 0) is 58.9 Å². The van der Waals surface area contributed by atoms with Crippen LogP contribution in [0.5, 0.6) is 0 Å². The van der Waals surface area contributed by atoms with E-state index in [-0.39, 0.29) is 12.2 Å². The molecule has 0 aromatic rings. The van der Waals surface area contributed by atoms with E-state index < -0.39 is 25.0 Å². The average Bonchev–Trinajstić information content (AvgIpc) is 2.29. The molecule has 0 rings (SSSR count). The van der Waals surface area contributed by atoms with Gasteiger partial charge in [-0.1, -0.05) is 5.16 Å². The third-order valence-corrected chi connectivity index (χ3v) is 5.68. The van der Waals surface area contributed by atoms with Crippen molar-refractivity contribution in [3.8, 4) is 0 Å². The minimum absolute atomic E-state index is 0.0522. The van der Waals surface area contributed by atoms with Crippen LogP contribution in [0.3, 0.4) is 0 Å². The molecule has 0 aliphatic rings. The lowest BCUT2D eigenvalue weighted by Gasteiger charge is -2.36. The van der Waals surface area contributed by atoms with Crippen molar-refractivity contribution >= 4 is 31.2 Å². The van der Waals surface area contributed by atoms with Gasteiger partial charge < -0.3 is 18.1 Å². The van der Waals surface area contributed by atoms with Crippen LogP contribution in [-0.2, 0) is 18.1 Å². The van der Waals surface area contributed by atoms with Gasteiger partial charge in [-0.25, -0.2) is 0 Å². The maximum Gasteiger partial charge on any atom is 0.184 e. The van der Waals surface area contributed by atoms with Gasteiger partial charge in [0, 0.05) is 12.6 Å². The van der Waals surface area contributed by atoms with Crippen molar-refractivity contribution in [2.45, 2.75) is 77.6 Å². The average molecular weight is 380 g/mol. The highest BCUT2D eigenvalue weighted by Gasteiger charge is 2.33. The summed E-state index contributed by atoms with van der Waals surface area (Å²) in [6, 6.07) is 0. The van der Waals surface area contributed by atoms with Gasteiger partial charge >= 0.3 is 0 Å². The predicted molar refractivity (Wildman–Crippen MR) is 106 cm³/mol. The van der Waals surface area contributed by atoms with Crippen molar-refractivity contribution < 1.29 is 18.1 Å². The van der Waals surface area contributed by atoms with Crippen LogP contribution in [0.15, 0.2) is 5.16 Å². The monoisotopic (exact) mass is 379 g/mol. The summed E-state index contributed by atoms with van der Waals surface area (Å²) in [4.78, 5) is 4.79. The topological polar surface area (TPSA) is 49.3 Å². The first kappa shape index (κ1) is 23.0. The summed E-state index contributed by atoms with van der Waals surface area (Å²) in [5.74, 6) is 0. The predicted octanol–water partition coefficient (Wildman–Crippen LogP) is 4.30. The molecule has 0 N–H and O–H groups in total. The van der Waals surface area contributed by atoms with Gasteiger partial charge in [0.05, 0.1) is 18.8 Å². The fourth-order valence-corrected chi connectivity index (χ4v) is 4.90. The highest BCUT2D eigenvalue weighted by Crippen LogP contribution is 2.20. The molecule has 0 aromatic carbocycles. The minimum atomic E-state index is -1.71. The normalized spacial score (nSPS) is 16.6. The van der Waals surface area contributed by atoms with Gasteiger partial charge in [-0.15, -0.1) is 0 Å². The Morgan fingerprint density at radius 2 is 1.26 bits per heavy atom. The fraction of sp³-hybridized carbons (Fsp3) is 0.933. The van der Waals surface area contributed by atoms with Crippen molar-refractivity contribution in [1.82, 2.24) is 0 Å². The van der Waals surface area contributed by atoms with Gasteiger partial charge in [0.1, 0.15) is 7.11 Å². The third-order valence-electron chi connectivity index (χ3n) is 2.62. The molecule has 138 valence electrons. The minimum Gasteiger partial charge on any atom is -0.415 e. The first-order chi connectivity index (χ1) is 10.2. The van der Waals surface area contributed by atoms with E-state index in [1.807, 2.05) is 0 Å². The summed E-state index contributed by atoms with van der Waals surface area (Å²) in [7, 11) is -3.47. The first-order valence-electron chi connectivity index (χ1n) is 8.28. The Kier molecular flexibility index (Phi) is 9.48. The van der Waals surface area contributed by atoms with Gasteiger partial charge in [0.2, 0.25) is 0 Å². The molecule has 0 amide bonds. The number of oxime groups is 1. The summed E-state index contributed by atoms with van der Waals surface area (Å²) in [6.07, 6.45) is 2.31. The Balaban J connectivity index is 5.19. The highest BCUT2D eigenvalue weighted by atomic mass is 28.4. The molecule has 0 heterocycles. The second-order valence-corrected chi connectivity index (χ2v) is 22.1. The summed E-state index contributed by atoms with van der Waals surface area (Å²) >= 11 is 0. The molecule has 0 unspecified atom stereocenters. The molecule has 8 heteroatoms. The smallest absolute Gasteiger partial charge is 0.184 e. The van der Waals surface area contributed by atoms with Gasteiger partial charge in [-0.3, -0.25) is 0 Å². The van der Waals surface area contributed by atoms with Crippen molar-refractivity contribution in [2.75, 3.05) is 13.7 Å². The lowest BCUT2D eigenvalue weighted by atomic mass is 10.1. The van der Waals surface area contributed by atoms with E-state index in [1.54, 1.807) is 13.3 Å². The fourth-order valence-electron chi connectivity index (χ4n) is 1.95. The number of hydrogen-bond acceptors (Lipinski definition) is 5. The van der Waals surface area contributed by atoms with Crippen LogP contribution < -0.4 is 0 Å². The summed E-state index contributed by atoms with van der Waals surface area (Å²) < 4.78 is 18.9. The van der Waals surface area contributed by atoms with Crippen LogP contribution >= 0.6 is 0 Å². The van der Waals surface area contributed by atoms with Crippen LogP contribution in [0.1, 0.15) is 6.42 Å². The van der Waals surface area contributed by atoms with Crippen LogP contribution in [0.2, 0.25) is 58.9 Å². The number of rotatable bonds is 11. The molecule has 0 bridgehead atoms. The number of nitrogens with zero attached hydrogens (tertiary/aromatic N) is 1. The quantitative estimate of drug-likeness (QED) is 0.305. The lowest BCUT2D eigenvalue weighted by Crippen LogP contribution is -2.48. The standard InChI is InChI=1S/C15H37NO4Si3/c1-17-16-12-11-14(19-22(5,6)7)15(20-23(8,9)10)13-18-21(2,3)4/h12,14-15H,11,13H2,1-10H3/b16-12+/t14-,15+/m0/s1. The molecule has 5 nitrogen and oxygen atoms in total. The van der Waals surface area contributed by atoms with Crippen LogP contribution in [0.25, 0.3) is 0 Å². The maximum atomic E-state index is 6.40. The molecule has 2 atom stereocenters. The SMILES string of the molecule is CO/N=C/C[C@H](O[Si](C)(C)C)[C@@H](CO[Si](C)(C)C)O[Si](C)(C)C. The van der Waals surface area contributed by atoms with E-state index in [2.05, 4.69) is 64.1 Å². The molecular formula is C15H37NO4Si3. The Hall–Kier alpha value is 0.000649. The largest absolute Gasteiger partial charge is 0.415 e. The summed E-state index contributed by atoms with van der Waals surface area (Å²) in [5, 5.41) is 3.86. The molecule has 0 saturated heterocycles. The molecular weight excluding hydrogens is 342 g/mol. The van der Waals surface area contributed by atoms with E-state index >= 15 is 0 Å². The Morgan fingerprint density at radius 3 is 1.65 bits per heavy atom. The maximum absolute atomic E-state index is 6.40. The first-order valence-corrected chi connectivity index (χ1v) is 18.5. The molecule has 0 radical (unpaired) electrons. The molecule has 0 aromatic heterocycles. The van der Waals surface area contributed by atoms with Crippen molar-refractivity contribution in [1.29, 1.82) is 0 Å². The van der Waals surface area contributed by atoms with E-state index in [4.69, 9.17) is 18.1 Å². The third kappa shape index (κ3) is 14.1. The van der Waals surface area contributed by atoms with Crippen molar-refractivity contribution in [3.63, 3.8) is 0 Å². The van der Waals surface area contributed by atoms with E-state index in [9.17, 15) is 0 Å². The van der Waals surface area contributed by atoms with E-state index in [1.165, 1.54) is 0 Å². The van der Waals surface area contributed by atoms with Gasteiger partial charge in [0.15, 0.2) is 25.0 Å². The Bertz CT molecular complexity index is 359. The summed E-state index contributed by atoms with van der Waals surface area (Å²) in [5.41, 5.74) is 0. The lowest BCUT2D eigenvalue weighted by molar-refractivity contribution is 0.0158. The van der Waals surface area contributed by atoms with Gasteiger partial charge in [-0.2, -0.15) is 0 Å². The second-order valence-electron chi connectivity index (χ2n) is 8.67. The molecule has 0 fully saturated rings. The molecule has 0 saturated carbocycles. The van der Waals surface area contributed by atoms with Crippen molar-refractivity contribution in [2.24, 2.45) is 5.16 Å². The summed E-state index contributed by atoms with van der Waals surface area (Å²) in [6.45, 7) is 20.3. The van der Waals surface area contributed by atoms with Crippen molar-refractivity contribution in [3.05, 3.63) is 0 Å². The van der Waals surface area contributed by atoms with Crippen LogP contribution in [-0.4, -0.2) is 57.1 Å². The van der Waals surface area contributed by atoms with E-state index in [0.717, 1.165) is 0 Å².